The first-order valence-corrected chi connectivity index (χ1v) is 10.2. The fourth-order valence-electron chi connectivity index (χ4n) is 3.86. The number of hydrogen-bond acceptors (Lipinski definition) is 5. The van der Waals surface area contributed by atoms with Crippen LogP contribution in [0.25, 0.3) is 10.4 Å². The van der Waals surface area contributed by atoms with Gasteiger partial charge in [-0.1, -0.05) is 48.6 Å². The summed E-state index contributed by atoms with van der Waals surface area (Å²) in [7, 11) is 3.59. The van der Waals surface area contributed by atoms with Crippen molar-refractivity contribution in [2.75, 3.05) is 14.1 Å². The van der Waals surface area contributed by atoms with E-state index in [9.17, 15) is 14.7 Å². The van der Waals surface area contributed by atoms with Crippen molar-refractivity contribution in [2.45, 2.75) is 32.1 Å². The molecule has 3 unspecified atom stereocenters. The van der Waals surface area contributed by atoms with Crippen LogP contribution in [0, 0.1) is 11.8 Å². The summed E-state index contributed by atoms with van der Waals surface area (Å²) in [5, 5.41) is 11.3. The highest BCUT2D eigenvalue weighted by atomic mass is 32.1. The number of carboxylic acid groups (broad SMARTS) is 1. The Morgan fingerprint density at radius 2 is 1.93 bits per heavy atom. The zero-order chi connectivity index (χ0) is 20.3. The number of ether oxygens (including phenoxy) is 1. The van der Waals surface area contributed by atoms with E-state index in [1.165, 1.54) is 11.3 Å². The number of hydrazine groups is 1. The van der Waals surface area contributed by atoms with Crippen molar-refractivity contribution in [3.63, 3.8) is 0 Å². The number of benzene rings is 1. The van der Waals surface area contributed by atoms with E-state index < -0.39 is 6.16 Å². The van der Waals surface area contributed by atoms with Crippen LogP contribution in [0.5, 0.6) is 5.06 Å². The second-order valence-electron chi connectivity index (χ2n) is 7.55. The van der Waals surface area contributed by atoms with Gasteiger partial charge in [0, 0.05) is 30.5 Å². The normalized spacial score (nSPS) is 22.1. The highest BCUT2D eigenvalue weighted by Gasteiger charge is 2.35. The number of nitrogens with zero attached hydrogens (tertiary/aromatic N) is 1. The van der Waals surface area contributed by atoms with Gasteiger partial charge in [0.05, 0.1) is 0 Å². The standard InChI is InChI=1S/C21H26N2O4S/c1-13-9-10-15(19(24)22-23(2)3)11-16(13)17-12-18(14-7-5-4-6-8-14)28-20(17)27-21(25)26/h4-8,12-13,15-16H,9-11H2,1-3H3,(H,22,24)(H,25,26). The minimum absolute atomic E-state index is 0.0149. The van der Waals surface area contributed by atoms with E-state index in [2.05, 4.69) is 12.3 Å². The van der Waals surface area contributed by atoms with Gasteiger partial charge in [-0.3, -0.25) is 10.2 Å². The molecule has 7 heteroatoms. The molecule has 3 atom stereocenters. The van der Waals surface area contributed by atoms with Gasteiger partial charge in [-0.15, -0.1) is 0 Å². The van der Waals surface area contributed by atoms with Crippen molar-refractivity contribution in [1.82, 2.24) is 10.4 Å². The Morgan fingerprint density at radius 3 is 2.57 bits per heavy atom. The lowest BCUT2D eigenvalue weighted by molar-refractivity contribution is -0.130. The monoisotopic (exact) mass is 402 g/mol. The summed E-state index contributed by atoms with van der Waals surface area (Å²) >= 11 is 1.35. The average Bonchev–Trinajstić information content (AvgIpc) is 3.05. The first-order valence-electron chi connectivity index (χ1n) is 9.43. The summed E-state index contributed by atoms with van der Waals surface area (Å²) in [5.41, 5.74) is 4.77. The van der Waals surface area contributed by atoms with Crippen LogP contribution in [0.3, 0.4) is 0 Å². The fraction of sp³-hybridized carbons (Fsp3) is 0.429. The highest BCUT2D eigenvalue weighted by Crippen LogP contribution is 2.48. The van der Waals surface area contributed by atoms with E-state index in [4.69, 9.17) is 4.74 Å². The molecule has 6 nitrogen and oxygen atoms in total. The number of thiophene rings is 1. The molecule has 2 N–H and O–H groups in total. The minimum Gasteiger partial charge on any atom is -0.449 e. The van der Waals surface area contributed by atoms with E-state index in [1.807, 2.05) is 36.4 Å². The van der Waals surface area contributed by atoms with E-state index in [0.717, 1.165) is 28.8 Å². The van der Waals surface area contributed by atoms with Crippen LogP contribution in [0.2, 0.25) is 0 Å². The summed E-state index contributed by atoms with van der Waals surface area (Å²) < 4.78 is 5.14. The van der Waals surface area contributed by atoms with Gasteiger partial charge in [0.1, 0.15) is 0 Å². The molecule has 0 aliphatic heterocycles. The summed E-state index contributed by atoms with van der Waals surface area (Å²) in [6, 6.07) is 11.9. The molecule has 0 saturated heterocycles. The largest absolute Gasteiger partial charge is 0.512 e. The molecule has 1 aliphatic carbocycles. The topological polar surface area (TPSA) is 78.9 Å². The van der Waals surface area contributed by atoms with E-state index in [1.54, 1.807) is 19.1 Å². The van der Waals surface area contributed by atoms with Crippen LogP contribution in [-0.2, 0) is 4.79 Å². The summed E-state index contributed by atoms with van der Waals surface area (Å²) in [5.74, 6) is 0.343. The zero-order valence-electron chi connectivity index (χ0n) is 16.3. The van der Waals surface area contributed by atoms with Gasteiger partial charge in [0.2, 0.25) is 5.91 Å². The molecule has 1 amide bonds. The second kappa shape index (κ2) is 8.75. The molecule has 150 valence electrons. The van der Waals surface area contributed by atoms with Crippen LogP contribution in [0.1, 0.15) is 37.7 Å². The summed E-state index contributed by atoms with van der Waals surface area (Å²) in [4.78, 5) is 24.7. The van der Waals surface area contributed by atoms with Crippen molar-refractivity contribution in [2.24, 2.45) is 11.8 Å². The maximum absolute atomic E-state index is 12.5. The molecule has 0 radical (unpaired) electrons. The highest BCUT2D eigenvalue weighted by molar-refractivity contribution is 7.17. The van der Waals surface area contributed by atoms with Gasteiger partial charge < -0.3 is 9.84 Å². The van der Waals surface area contributed by atoms with Gasteiger partial charge in [0.25, 0.3) is 0 Å². The Hall–Kier alpha value is -2.38. The molecular formula is C21H26N2O4S. The van der Waals surface area contributed by atoms with Gasteiger partial charge in [0.15, 0.2) is 5.06 Å². The van der Waals surface area contributed by atoms with Crippen LogP contribution in [0.4, 0.5) is 4.79 Å². The first-order chi connectivity index (χ1) is 13.3. The van der Waals surface area contributed by atoms with E-state index in [-0.39, 0.29) is 17.7 Å². The Labute approximate surface area is 169 Å². The molecule has 2 aromatic rings. The SMILES string of the molecule is CC1CCC(C(=O)NN(C)C)CC1c1cc(-c2ccccc2)sc1OC(=O)O. The lowest BCUT2D eigenvalue weighted by Crippen LogP contribution is -2.42. The number of amides is 1. The van der Waals surface area contributed by atoms with Gasteiger partial charge in [-0.2, -0.15) is 0 Å². The van der Waals surface area contributed by atoms with Crippen molar-refractivity contribution in [3.05, 3.63) is 42.0 Å². The molecule has 1 fully saturated rings. The minimum atomic E-state index is -1.31. The predicted octanol–water partition coefficient (Wildman–Crippen LogP) is 4.58. The van der Waals surface area contributed by atoms with Gasteiger partial charge in [-0.25, -0.2) is 9.80 Å². The second-order valence-corrected chi connectivity index (χ2v) is 8.57. The summed E-state index contributed by atoms with van der Waals surface area (Å²) in [6.45, 7) is 2.16. The van der Waals surface area contributed by atoms with Crippen LogP contribution < -0.4 is 10.2 Å². The summed E-state index contributed by atoms with van der Waals surface area (Å²) in [6.07, 6.45) is 1.12. The third kappa shape index (κ3) is 4.72. The molecule has 0 spiro atoms. The van der Waals surface area contributed by atoms with Crippen molar-refractivity contribution in [1.29, 1.82) is 0 Å². The number of hydrogen-bond donors (Lipinski definition) is 2. The molecular weight excluding hydrogens is 376 g/mol. The zero-order valence-corrected chi connectivity index (χ0v) is 17.2. The predicted molar refractivity (Wildman–Crippen MR) is 109 cm³/mol. The maximum Gasteiger partial charge on any atom is 0.512 e. The Kier molecular flexibility index (Phi) is 6.36. The fourth-order valence-corrected chi connectivity index (χ4v) is 4.94. The average molecular weight is 403 g/mol. The Balaban J connectivity index is 1.92. The smallest absolute Gasteiger partial charge is 0.449 e. The number of carbonyl (C=O) groups excluding carboxylic acids is 1. The lowest BCUT2D eigenvalue weighted by Gasteiger charge is -2.34. The van der Waals surface area contributed by atoms with Crippen molar-refractivity contribution < 1.29 is 19.4 Å². The molecule has 1 heterocycles. The van der Waals surface area contributed by atoms with E-state index in [0.29, 0.717) is 17.4 Å². The Morgan fingerprint density at radius 1 is 1.21 bits per heavy atom. The lowest BCUT2D eigenvalue weighted by atomic mass is 9.72. The molecule has 3 rings (SSSR count). The Bertz CT molecular complexity index is 834. The van der Waals surface area contributed by atoms with Crippen LogP contribution in [0.15, 0.2) is 36.4 Å². The molecule has 0 bridgehead atoms. The van der Waals surface area contributed by atoms with E-state index >= 15 is 0 Å². The molecule has 1 aromatic carbocycles. The quantitative estimate of drug-likeness (QED) is 0.565. The van der Waals surface area contributed by atoms with Crippen LogP contribution in [-0.4, -0.2) is 36.3 Å². The van der Waals surface area contributed by atoms with Gasteiger partial charge >= 0.3 is 6.16 Å². The first kappa shape index (κ1) is 20.4. The number of carbonyl (C=O) groups is 2. The third-order valence-electron chi connectivity index (χ3n) is 5.26. The van der Waals surface area contributed by atoms with Crippen molar-refractivity contribution >= 4 is 23.4 Å². The van der Waals surface area contributed by atoms with Crippen LogP contribution >= 0.6 is 11.3 Å². The third-order valence-corrected chi connectivity index (χ3v) is 6.34. The maximum atomic E-state index is 12.5. The molecule has 1 aliphatic rings. The van der Waals surface area contributed by atoms with Gasteiger partial charge in [-0.05, 0) is 42.7 Å². The molecule has 28 heavy (non-hydrogen) atoms. The number of rotatable bonds is 5. The molecule has 1 saturated carbocycles. The molecule has 1 aromatic heterocycles. The van der Waals surface area contributed by atoms with Crippen molar-refractivity contribution in [3.8, 4) is 15.5 Å². The number of nitrogens with one attached hydrogen (secondary N) is 1.